The molecule has 1 N–H and O–H groups in total. The quantitative estimate of drug-likeness (QED) is 0.579. The van der Waals surface area contributed by atoms with Crippen LogP contribution in [0.3, 0.4) is 0 Å². The molecule has 0 amide bonds. The molecule has 2 rings (SSSR count). The zero-order valence-corrected chi connectivity index (χ0v) is 11.2. The highest BCUT2D eigenvalue weighted by Gasteiger charge is 2.46. The van der Waals surface area contributed by atoms with Crippen LogP contribution < -0.4 is 0 Å². The number of aliphatic hydroxyl groups excluding tert-OH is 1. The van der Waals surface area contributed by atoms with Gasteiger partial charge in [0.1, 0.15) is 0 Å². The molecule has 1 spiro atoms. The van der Waals surface area contributed by atoms with E-state index in [1.54, 1.807) is 0 Å². The molecule has 1 atom stereocenters. The van der Waals surface area contributed by atoms with Crippen LogP contribution in [0.4, 0.5) is 0 Å². The molecule has 0 bridgehead atoms. The van der Waals surface area contributed by atoms with Crippen LogP contribution in [-0.4, -0.2) is 61.2 Å². The van der Waals surface area contributed by atoms with Crippen molar-refractivity contribution in [2.75, 3.05) is 39.8 Å². The summed E-state index contributed by atoms with van der Waals surface area (Å²) in [5.41, 5.74) is 0.474. The average Bonchev–Trinajstić information content (AvgIpc) is 2.27. The minimum Gasteiger partial charge on any atom is -0.356 e. The number of rotatable bonds is 5. The van der Waals surface area contributed by atoms with Crippen molar-refractivity contribution in [2.24, 2.45) is 5.41 Å². The van der Waals surface area contributed by atoms with E-state index in [0.29, 0.717) is 12.0 Å². The second-order valence-electron chi connectivity index (χ2n) is 5.76. The second kappa shape index (κ2) is 5.65. The van der Waals surface area contributed by atoms with Crippen LogP contribution in [0.2, 0.25) is 0 Å². The molecule has 0 saturated carbocycles. The van der Waals surface area contributed by atoms with E-state index in [1.807, 2.05) is 0 Å². The number of hydrogen-bond donors (Lipinski definition) is 1. The van der Waals surface area contributed by atoms with Crippen LogP contribution in [0.5, 0.6) is 0 Å². The number of piperidine rings is 1. The van der Waals surface area contributed by atoms with E-state index < -0.39 is 6.41 Å². The fourth-order valence-corrected chi connectivity index (χ4v) is 2.82. The Morgan fingerprint density at radius 1 is 1.29 bits per heavy atom. The number of likely N-dealkylation sites (tertiary alicyclic amines) is 2. The summed E-state index contributed by atoms with van der Waals surface area (Å²) in [5, 5.41) is 9.85. The molecule has 2 fully saturated rings. The number of aliphatic hydroxyl groups is 1. The summed E-state index contributed by atoms with van der Waals surface area (Å²) >= 11 is 0. The third-order valence-electron chi connectivity index (χ3n) is 4.20. The molecule has 100 valence electrons. The van der Waals surface area contributed by atoms with Gasteiger partial charge >= 0.3 is 0 Å². The fourth-order valence-electron chi connectivity index (χ4n) is 2.82. The van der Waals surface area contributed by atoms with Gasteiger partial charge in [0.05, 0.1) is 6.61 Å². The van der Waals surface area contributed by atoms with Crippen molar-refractivity contribution >= 4 is 0 Å². The summed E-state index contributed by atoms with van der Waals surface area (Å²) in [6.07, 6.45) is 4.00. The molecule has 1 unspecified atom stereocenters. The monoisotopic (exact) mass is 242 g/mol. The number of hydrogen-bond acceptors (Lipinski definition) is 4. The fraction of sp³-hybridized carbons (Fsp3) is 1.00. The third kappa shape index (κ3) is 3.19. The maximum atomic E-state index is 9.85. The van der Waals surface area contributed by atoms with E-state index >= 15 is 0 Å². The first-order valence-electron chi connectivity index (χ1n) is 6.87. The molecule has 17 heavy (non-hydrogen) atoms. The van der Waals surface area contributed by atoms with Gasteiger partial charge in [-0.15, -0.1) is 0 Å². The highest BCUT2D eigenvalue weighted by atomic mass is 16.6. The predicted molar refractivity (Wildman–Crippen MR) is 67.6 cm³/mol. The second-order valence-corrected chi connectivity index (χ2v) is 5.76. The van der Waals surface area contributed by atoms with E-state index in [9.17, 15) is 5.11 Å². The van der Waals surface area contributed by atoms with Crippen molar-refractivity contribution in [3.05, 3.63) is 0 Å². The lowest BCUT2D eigenvalue weighted by atomic mass is 9.72. The molecular formula is C13H26N2O2. The van der Waals surface area contributed by atoms with Crippen LogP contribution in [0.1, 0.15) is 32.6 Å². The summed E-state index contributed by atoms with van der Waals surface area (Å²) in [6.45, 7) is 7.21. The van der Waals surface area contributed by atoms with Gasteiger partial charge in [-0.25, -0.2) is 0 Å². The molecule has 0 aromatic carbocycles. The smallest absolute Gasteiger partial charge is 0.216 e. The molecule has 2 aliphatic heterocycles. The highest BCUT2D eigenvalue weighted by molar-refractivity contribution is 4.97. The zero-order chi connectivity index (χ0) is 12.3. The minimum atomic E-state index is -0.674. The lowest BCUT2D eigenvalue weighted by Crippen LogP contribution is -2.63. The Morgan fingerprint density at radius 3 is 2.53 bits per heavy atom. The standard InChI is InChI=1S/C13H26N2O2/c1-3-4-9-17-12(16)15-10-13(11-15)5-7-14(2)8-6-13/h12,16H,3-11H2,1-2H3. The van der Waals surface area contributed by atoms with Crippen molar-refractivity contribution in [1.29, 1.82) is 0 Å². The van der Waals surface area contributed by atoms with E-state index in [1.165, 1.54) is 25.9 Å². The highest BCUT2D eigenvalue weighted by Crippen LogP contribution is 2.40. The Kier molecular flexibility index (Phi) is 4.42. The van der Waals surface area contributed by atoms with Crippen molar-refractivity contribution in [1.82, 2.24) is 9.80 Å². The lowest BCUT2D eigenvalue weighted by molar-refractivity contribution is -0.245. The summed E-state index contributed by atoms with van der Waals surface area (Å²) in [4.78, 5) is 4.45. The van der Waals surface area contributed by atoms with Crippen LogP contribution in [-0.2, 0) is 4.74 Å². The van der Waals surface area contributed by atoms with E-state index in [4.69, 9.17) is 4.74 Å². The van der Waals surface area contributed by atoms with Crippen molar-refractivity contribution in [3.8, 4) is 0 Å². The largest absolute Gasteiger partial charge is 0.356 e. The summed E-state index contributed by atoms with van der Waals surface area (Å²) in [6, 6.07) is 0. The molecule has 4 nitrogen and oxygen atoms in total. The first-order chi connectivity index (χ1) is 8.15. The van der Waals surface area contributed by atoms with Gasteiger partial charge in [-0.05, 0) is 44.8 Å². The van der Waals surface area contributed by atoms with Crippen molar-refractivity contribution < 1.29 is 9.84 Å². The van der Waals surface area contributed by atoms with Gasteiger partial charge < -0.3 is 14.7 Å². The lowest BCUT2D eigenvalue weighted by Gasteiger charge is -2.54. The third-order valence-corrected chi connectivity index (χ3v) is 4.20. The Morgan fingerprint density at radius 2 is 1.94 bits per heavy atom. The maximum absolute atomic E-state index is 9.85. The molecular weight excluding hydrogens is 216 g/mol. The van der Waals surface area contributed by atoms with Gasteiger partial charge in [0, 0.05) is 13.1 Å². The maximum Gasteiger partial charge on any atom is 0.216 e. The first kappa shape index (κ1) is 13.3. The number of ether oxygens (including phenoxy) is 1. The summed E-state index contributed by atoms with van der Waals surface area (Å²) < 4.78 is 5.41. The van der Waals surface area contributed by atoms with Crippen LogP contribution in [0, 0.1) is 5.41 Å². The Labute approximate surface area is 105 Å². The van der Waals surface area contributed by atoms with Crippen LogP contribution in [0.15, 0.2) is 0 Å². The summed E-state index contributed by atoms with van der Waals surface area (Å²) in [7, 11) is 2.19. The van der Waals surface area contributed by atoms with E-state index in [2.05, 4.69) is 23.8 Å². The van der Waals surface area contributed by atoms with Gasteiger partial charge in [0.25, 0.3) is 0 Å². The molecule has 0 radical (unpaired) electrons. The predicted octanol–water partition coefficient (Wildman–Crippen LogP) is 1.11. The summed E-state index contributed by atoms with van der Waals surface area (Å²) in [5.74, 6) is 0. The van der Waals surface area contributed by atoms with Gasteiger partial charge in [-0.3, -0.25) is 4.90 Å². The first-order valence-corrected chi connectivity index (χ1v) is 6.87. The molecule has 2 aliphatic rings. The van der Waals surface area contributed by atoms with Gasteiger partial charge in [0.15, 0.2) is 0 Å². The molecule has 0 aromatic heterocycles. The average molecular weight is 242 g/mol. The molecule has 0 aromatic rings. The Hall–Kier alpha value is -0.160. The van der Waals surface area contributed by atoms with Crippen molar-refractivity contribution in [2.45, 2.75) is 39.0 Å². The molecule has 0 aliphatic carbocycles. The van der Waals surface area contributed by atoms with E-state index in [-0.39, 0.29) is 0 Å². The van der Waals surface area contributed by atoms with Gasteiger partial charge in [-0.2, -0.15) is 0 Å². The normalized spacial score (nSPS) is 27.0. The molecule has 4 heteroatoms. The Bertz CT molecular complexity index is 232. The van der Waals surface area contributed by atoms with Crippen LogP contribution >= 0.6 is 0 Å². The number of unbranched alkanes of at least 4 members (excludes halogenated alkanes) is 1. The van der Waals surface area contributed by atoms with Crippen LogP contribution in [0.25, 0.3) is 0 Å². The van der Waals surface area contributed by atoms with E-state index in [0.717, 1.165) is 25.9 Å². The number of nitrogens with zero attached hydrogens (tertiary/aromatic N) is 2. The zero-order valence-electron chi connectivity index (χ0n) is 11.2. The SMILES string of the molecule is CCCCOC(O)N1CC2(CCN(C)CC2)C1. The van der Waals surface area contributed by atoms with Gasteiger partial charge in [-0.1, -0.05) is 13.3 Å². The van der Waals surface area contributed by atoms with Crippen molar-refractivity contribution in [3.63, 3.8) is 0 Å². The topological polar surface area (TPSA) is 35.9 Å². The Balaban J connectivity index is 1.67. The molecule has 2 saturated heterocycles. The molecule has 2 heterocycles. The minimum absolute atomic E-state index is 0.474. The van der Waals surface area contributed by atoms with Gasteiger partial charge in [0.2, 0.25) is 6.41 Å².